The number of rotatable bonds is 7. The fourth-order valence-electron chi connectivity index (χ4n) is 4.33. The van der Waals surface area contributed by atoms with E-state index in [1.165, 1.54) is 0 Å². The van der Waals surface area contributed by atoms with Crippen LogP contribution in [0.1, 0.15) is 46.7 Å². The maximum Gasteiger partial charge on any atom is 0.253 e. The summed E-state index contributed by atoms with van der Waals surface area (Å²) in [6.45, 7) is 2.10. The summed E-state index contributed by atoms with van der Waals surface area (Å²) in [5.41, 5.74) is 2.98. The molecule has 1 fully saturated rings. The van der Waals surface area contributed by atoms with Crippen molar-refractivity contribution in [2.24, 2.45) is 5.92 Å². The Hall–Kier alpha value is -3.47. The van der Waals surface area contributed by atoms with Crippen molar-refractivity contribution in [3.63, 3.8) is 0 Å². The quantitative estimate of drug-likeness (QED) is 0.612. The summed E-state index contributed by atoms with van der Waals surface area (Å²) in [6, 6.07) is 23.9. The molecule has 5 nitrogen and oxygen atoms in total. The molecule has 2 heterocycles. The third-order valence-electron chi connectivity index (χ3n) is 6.21. The van der Waals surface area contributed by atoms with Crippen LogP contribution < -0.4 is 5.32 Å². The van der Waals surface area contributed by atoms with Gasteiger partial charge in [-0.3, -0.25) is 14.6 Å². The fourth-order valence-corrected chi connectivity index (χ4v) is 4.33. The smallest absolute Gasteiger partial charge is 0.253 e. The number of benzene rings is 2. The highest BCUT2D eigenvalue weighted by atomic mass is 16.2. The summed E-state index contributed by atoms with van der Waals surface area (Å²) in [6.07, 6.45) is 5.52. The summed E-state index contributed by atoms with van der Waals surface area (Å²) < 4.78 is 0. The molecular weight excluding hydrogens is 398 g/mol. The molecule has 32 heavy (non-hydrogen) atoms. The van der Waals surface area contributed by atoms with Gasteiger partial charge in [-0.15, -0.1) is 0 Å². The first-order valence-corrected chi connectivity index (χ1v) is 11.3. The van der Waals surface area contributed by atoms with Crippen molar-refractivity contribution < 1.29 is 9.59 Å². The van der Waals surface area contributed by atoms with Crippen LogP contribution in [0.4, 0.5) is 0 Å². The highest BCUT2D eigenvalue weighted by Gasteiger charge is 2.24. The molecule has 2 aromatic carbocycles. The number of carbonyl (C=O) groups excluding carboxylic acids is 2. The van der Waals surface area contributed by atoms with E-state index in [2.05, 4.69) is 34.6 Å². The van der Waals surface area contributed by atoms with Crippen LogP contribution in [0.25, 0.3) is 0 Å². The molecule has 2 amide bonds. The van der Waals surface area contributed by atoms with Crippen LogP contribution in [-0.4, -0.2) is 41.3 Å². The lowest BCUT2D eigenvalue weighted by atomic mass is 9.88. The molecule has 0 saturated carbocycles. The molecule has 5 heteroatoms. The molecule has 1 aliphatic rings. The van der Waals surface area contributed by atoms with E-state index >= 15 is 0 Å². The lowest BCUT2D eigenvalue weighted by molar-refractivity contribution is -0.121. The molecule has 0 unspecified atom stereocenters. The number of carbonyl (C=O) groups is 2. The van der Waals surface area contributed by atoms with Crippen LogP contribution in [0.5, 0.6) is 0 Å². The first kappa shape index (κ1) is 21.8. The number of hydrogen-bond acceptors (Lipinski definition) is 3. The number of likely N-dealkylation sites (tertiary alicyclic amines) is 1. The van der Waals surface area contributed by atoms with E-state index in [-0.39, 0.29) is 17.7 Å². The minimum absolute atomic E-state index is 0.0391. The molecule has 1 aromatic heterocycles. The molecule has 0 bridgehead atoms. The molecule has 0 atom stereocenters. The van der Waals surface area contributed by atoms with Gasteiger partial charge in [0, 0.05) is 49.9 Å². The van der Waals surface area contributed by atoms with Gasteiger partial charge in [0.1, 0.15) is 0 Å². The Morgan fingerprint density at radius 2 is 1.44 bits per heavy atom. The summed E-state index contributed by atoms with van der Waals surface area (Å²) in [5, 5.41) is 3.15. The first-order valence-electron chi connectivity index (χ1n) is 11.3. The molecule has 1 saturated heterocycles. The zero-order chi connectivity index (χ0) is 22.2. The van der Waals surface area contributed by atoms with Gasteiger partial charge in [-0.1, -0.05) is 60.7 Å². The van der Waals surface area contributed by atoms with Crippen molar-refractivity contribution in [3.05, 3.63) is 102 Å². The molecule has 1 aliphatic heterocycles. The topological polar surface area (TPSA) is 62.3 Å². The molecule has 3 aromatic rings. The lowest BCUT2D eigenvalue weighted by Crippen LogP contribution is -2.41. The van der Waals surface area contributed by atoms with Gasteiger partial charge < -0.3 is 10.2 Å². The van der Waals surface area contributed by atoms with Crippen molar-refractivity contribution in [1.29, 1.82) is 0 Å². The number of pyridine rings is 1. The number of hydrogen-bond donors (Lipinski definition) is 1. The van der Waals surface area contributed by atoms with Gasteiger partial charge in [0.05, 0.1) is 0 Å². The Bertz CT molecular complexity index is 961. The van der Waals surface area contributed by atoms with Crippen LogP contribution in [0, 0.1) is 5.92 Å². The average Bonchev–Trinajstić information content (AvgIpc) is 2.87. The van der Waals surface area contributed by atoms with Crippen molar-refractivity contribution >= 4 is 11.8 Å². The summed E-state index contributed by atoms with van der Waals surface area (Å²) >= 11 is 0. The molecule has 4 rings (SSSR count). The molecular formula is C27H29N3O2. The Balaban J connectivity index is 1.29. The van der Waals surface area contributed by atoms with Gasteiger partial charge in [-0.2, -0.15) is 0 Å². The highest BCUT2D eigenvalue weighted by molar-refractivity contribution is 5.94. The second-order valence-corrected chi connectivity index (χ2v) is 8.35. The van der Waals surface area contributed by atoms with Gasteiger partial charge in [0.25, 0.3) is 5.91 Å². The monoisotopic (exact) mass is 427 g/mol. The SMILES string of the molecule is O=C(CC(c1ccccc1)c1ccccc1)NCC1CCN(C(=O)c2ccncc2)CC1. The Kier molecular flexibility index (Phi) is 7.28. The normalized spacial score (nSPS) is 14.3. The summed E-state index contributed by atoms with van der Waals surface area (Å²) in [4.78, 5) is 31.3. The maximum absolute atomic E-state index is 12.8. The fraction of sp³-hybridized carbons (Fsp3) is 0.296. The van der Waals surface area contributed by atoms with Crippen molar-refractivity contribution in [2.45, 2.75) is 25.2 Å². The van der Waals surface area contributed by atoms with Crippen LogP contribution in [0.15, 0.2) is 85.2 Å². The van der Waals surface area contributed by atoms with E-state index < -0.39 is 0 Å². The van der Waals surface area contributed by atoms with Gasteiger partial charge in [-0.05, 0) is 42.0 Å². The van der Waals surface area contributed by atoms with Crippen LogP contribution in [-0.2, 0) is 4.79 Å². The number of amides is 2. The van der Waals surface area contributed by atoms with Gasteiger partial charge in [-0.25, -0.2) is 0 Å². The molecule has 164 valence electrons. The van der Waals surface area contributed by atoms with Gasteiger partial charge >= 0.3 is 0 Å². The summed E-state index contributed by atoms with van der Waals surface area (Å²) in [5.74, 6) is 0.561. The maximum atomic E-state index is 12.8. The zero-order valence-corrected chi connectivity index (χ0v) is 18.2. The zero-order valence-electron chi connectivity index (χ0n) is 18.2. The molecule has 0 spiro atoms. The third-order valence-corrected chi connectivity index (χ3v) is 6.21. The van der Waals surface area contributed by atoms with E-state index in [9.17, 15) is 9.59 Å². The molecule has 1 N–H and O–H groups in total. The Morgan fingerprint density at radius 3 is 2.00 bits per heavy atom. The number of piperidine rings is 1. The predicted molar refractivity (Wildman–Crippen MR) is 125 cm³/mol. The van der Waals surface area contributed by atoms with Crippen molar-refractivity contribution in [2.75, 3.05) is 19.6 Å². The summed E-state index contributed by atoms with van der Waals surface area (Å²) in [7, 11) is 0. The highest BCUT2D eigenvalue weighted by Crippen LogP contribution is 2.28. The molecule has 0 radical (unpaired) electrons. The Morgan fingerprint density at radius 1 is 0.875 bits per heavy atom. The Labute approximate surface area is 189 Å². The number of nitrogens with zero attached hydrogens (tertiary/aromatic N) is 2. The minimum atomic E-state index is 0.0391. The standard InChI is InChI=1S/C27H29N3O2/c31-26(19-25(22-7-3-1-4-8-22)23-9-5-2-6-10-23)29-20-21-13-17-30(18-14-21)27(32)24-11-15-28-16-12-24/h1-12,15-16,21,25H,13-14,17-20H2,(H,29,31). The first-order chi connectivity index (χ1) is 15.7. The van der Waals surface area contributed by atoms with Crippen molar-refractivity contribution in [3.8, 4) is 0 Å². The van der Waals surface area contributed by atoms with Crippen LogP contribution in [0.2, 0.25) is 0 Å². The van der Waals surface area contributed by atoms with Crippen LogP contribution in [0.3, 0.4) is 0 Å². The average molecular weight is 428 g/mol. The van der Waals surface area contributed by atoms with E-state index in [1.54, 1.807) is 24.5 Å². The largest absolute Gasteiger partial charge is 0.356 e. The number of nitrogens with one attached hydrogen (secondary N) is 1. The number of aromatic nitrogens is 1. The van der Waals surface area contributed by atoms with Gasteiger partial charge in [0.2, 0.25) is 5.91 Å². The second kappa shape index (κ2) is 10.7. The van der Waals surface area contributed by atoms with E-state index in [4.69, 9.17) is 0 Å². The minimum Gasteiger partial charge on any atom is -0.356 e. The van der Waals surface area contributed by atoms with E-state index in [0.717, 1.165) is 37.1 Å². The second-order valence-electron chi connectivity index (χ2n) is 8.35. The third kappa shape index (κ3) is 5.61. The van der Waals surface area contributed by atoms with Crippen molar-refractivity contribution in [1.82, 2.24) is 15.2 Å². The predicted octanol–water partition coefficient (Wildman–Crippen LogP) is 4.27. The van der Waals surface area contributed by atoms with Gasteiger partial charge in [0.15, 0.2) is 0 Å². The lowest BCUT2D eigenvalue weighted by Gasteiger charge is -2.32. The van der Waals surface area contributed by atoms with Crippen LogP contribution >= 0.6 is 0 Å². The molecule has 0 aliphatic carbocycles. The van der Waals surface area contributed by atoms with E-state index in [0.29, 0.717) is 24.4 Å². The van der Waals surface area contributed by atoms with E-state index in [1.807, 2.05) is 41.3 Å².